The van der Waals surface area contributed by atoms with Crippen molar-refractivity contribution >= 4 is 22.7 Å². The molecule has 3 aromatic heterocycles. The van der Waals surface area contributed by atoms with E-state index in [9.17, 15) is 4.79 Å². The van der Waals surface area contributed by atoms with Crippen LogP contribution < -0.4 is 5.32 Å². The van der Waals surface area contributed by atoms with Crippen LogP contribution in [0.4, 0.5) is 5.82 Å². The number of para-hydroxylation sites is 1. The second kappa shape index (κ2) is 6.44. The van der Waals surface area contributed by atoms with Crippen molar-refractivity contribution in [1.82, 2.24) is 19.7 Å². The van der Waals surface area contributed by atoms with Gasteiger partial charge in [0.1, 0.15) is 23.4 Å². The van der Waals surface area contributed by atoms with Crippen molar-refractivity contribution in [2.45, 2.75) is 19.9 Å². The number of fused-ring (bicyclic) bond motifs is 1. The summed E-state index contributed by atoms with van der Waals surface area (Å²) in [7, 11) is 0. The zero-order chi connectivity index (χ0) is 18.1. The van der Waals surface area contributed by atoms with Crippen molar-refractivity contribution in [3.63, 3.8) is 0 Å². The van der Waals surface area contributed by atoms with E-state index < -0.39 is 0 Å². The van der Waals surface area contributed by atoms with Gasteiger partial charge in [-0.3, -0.25) is 4.79 Å². The number of furan rings is 1. The minimum atomic E-state index is -0.351. The molecule has 0 aliphatic heterocycles. The molecule has 130 valence electrons. The van der Waals surface area contributed by atoms with Gasteiger partial charge in [0.25, 0.3) is 5.91 Å². The number of rotatable bonds is 4. The van der Waals surface area contributed by atoms with Crippen LogP contribution >= 0.6 is 0 Å². The van der Waals surface area contributed by atoms with Crippen LogP contribution in [0.3, 0.4) is 0 Å². The molecule has 7 heteroatoms. The first-order valence-corrected chi connectivity index (χ1v) is 8.28. The summed E-state index contributed by atoms with van der Waals surface area (Å²) < 4.78 is 7.51. The summed E-state index contributed by atoms with van der Waals surface area (Å²) in [6.07, 6.45) is 1.67. The van der Waals surface area contributed by atoms with E-state index in [1.54, 1.807) is 18.5 Å². The maximum atomic E-state index is 12.5. The maximum absolute atomic E-state index is 12.5. The highest BCUT2D eigenvalue weighted by atomic mass is 16.3. The Labute approximate surface area is 149 Å². The standard InChI is InChI=1S/C19H17N5O2/c1-12(2)24-11-20-23-18(24)14-7-5-9-17(21-14)22-19(25)16-10-13-6-3-4-8-15(13)26-16/h3-12H,1-2H3,(H,21,22,25). The van der Waals surface area contributed by atoms with Crippen LogP contribution in [0, 0.1) is 0 Å². The van der Waals surface area contributed by atoms with E-state index in [0.717, 1.165) is 5.39 Å². The third kappa shape index (κ3) is 2.95. The first-order chi connectivity index (χ1) is 12.6. The molecule has 0 aliphatic carbocycles. The van der Waals surface area contributed by atoms with E-state index in [1.807, 2.05) is 54.8 Å². The lowest BCUT2D eigenvalue weighted by Crippen LogP contribution is -2.12. The van der Waals surface area contributed by atoms with Gasteiger partial charge in [0.15, 0.2) is 11.6 Å². The van der Waals surface area contributed by atoms with E-state index in [2.05, 4.69) is 20.5 Å². The van der Waals surface area contributed by atoms with Crippen molar-refractivity contribution in [3.05, 3.63) is 60.6 Å². The molecule has 1 amide bonds. The number of pyridine rings is 1. The molecule has 3 heterocycles. The number of aromatic nitrogens is 4. The lowest BCUT2D eigenvalue weighted by molar-refractivity contribution is 0.0998. The zero-order valence-electron chi connectivity index (χ0n) is 14.4. The third-order valence-electron chi connectivity index (χ3n) is 4.00. The largest absolute Gasteiger partial charge is 0.451 e. The summed E-state index contributed by atoms with van der Waals surface area (Å²) in [4.78, 5) is 17.0. The summed E-state index contributed by atoms with van der Waals surface area (Å²) in [5.74, 6) is 0.964. The van der Waals surface area contributed by atoms with E-state index in [-0.39, 0.29) is 17.7 Å². The van der Waals surface area contributed by atoms with Crippen LogP contribution in [0.25, 0.3) is 22.5 Å². The maximum Gasteiger partial charge on any atom is 0.292 e. The average molecular weight is 347 g/mol. The normalized spacial score (nSPS) is 11.2. The van der Waals surface area contributed by atoms with E-state index in [1.165, 1.54) is 0 Å². The molecule has 4 aromatic rings. The SMILES string of the molecule is CC(C)n1cnnc1-c1cccc(NC(=O)c2cc3ccccc3o2)n1. The molecule has 0 atom stereocenters. The van der Waals surface area contributed by atoms with Gasteiger partial charge in [0.2, 0.25) is 0 Å². The molecule has 7 nitrogen and oxygen atoms in total. The monoisotopic (exact) mass is 347 g/mol. The Morgan fingerprint density at radius 3 is 2.81 bits per heavy atom. The molecule has 4 rings (SSSR count). The zero-order valence-corrected chi connectivity index (χ0v) is 14.4. The molecule has 0 saturated carbocycles. The Hall–Kier alpha value is -3.48. The molecule has 26 heavy (non-hydrogen) atoms. The van der Waals surface area contributed by atoms with Gasteiger partial charge < -0.3 is 14.3 Å². The number of anilines is 1. The number of nitrogens with zero attached hydrogens (tertiary/aromatic N) is 4. The van der Waals surface area contributed by atoms with E-state index >= 15 is 0 Å². The van der Waals surface area contributed by atoms with E-state index in [0.29, 0.717) is 22.9 Å². The van der Waals surface area contributed by atoms with Gasteiger partial charge in [0, 0.05) is 11.4 Å². The Balaban J connectivity index is 1.60. The van der Waals surface area contributed by atoms with Crippen LogP contribution in [-0.4, -0.2) is 25.7 Å². The van der Waals surface area contributed by atoms with Gasteiger partial charge in [0.05, 0.1) is 0 Å². The minimum absolute atomic E-state index is 0.204. The summed E-state index contributed by atoms with van der Waals surface area (Å²) in [6.45, 7) is 4.08. The summed E-state index contributed by atoms with van der Waals surface area (Å²) in [6, 6.07) is 14.8. The molecule has 0 bridgehead atoms. The topological polar surface area (TPSA) is 85.8 Å². The molecule has 0 radical (unpaired) electrons. The third-order valence-corrected chi connectivity index (χ3v) is 4.00. The average Bonchev–Trinajstić information content (AvgIpc) is 3.29. The molecule has 0 saturated heterocycles. The lowest BCUT2D eigenvalue weighted by Gasteiger charge is -2.10. The van der Waals surface area contributed by atoms with Gasteiger partial charge in [-0.1, -0.05) is 24.3 Å². The van der Waals surface area contributed by atoms with Gasteiger partial charge in [-0.15, -0.1) is 10.2 Å². The fourth-order valence-electron chi connectivity index (χ4n) is 2.70. The lowest BCUT2D eigenvalue weighted by atomic mass is 10.2. The number of benzene rings is 1. The molecule has 1 N–H and O–H groups in total. The predicted octanol–water partition coefficient (Wildman–Crippen LogP) is 3.92. The highest BCUT2D eigenvalue weighted by Gasteiger charge is 2.15. The number of hydrogen-bond donors (Lipinski definition) is 1. The quantitative estimate of drug-likeness (QED) is 0.605. The second-order valence-electron chi connectivity index (χ2n) is 6.17. The molecule has 0 aliphatic rings. The van der Waals surface area contributed by atoms with Crippen LogP contribution in [0.15, 0.2) is 59.3 Å². The van der Waals surface area contributed by atoms with Crippen molar-refractivity contribution < 1.29 is 9.21 Å². The molecule has 0 spiro atoms. The van der Waals surface area contributed by atoms with Gasteiger partial charge in [-0.05, 0) is 38.1 Å². The first-order valence-electron chi connectivity index (χ1n) is 8.28. The summed E-state index contributed by atoms with van der Waals surface area (Å²) in [5, 5.41) is 11.7. The Morgan fingerprint density at radius 1 is 1.15 bits per heavy atom. The van der Waals surface area contributed by atoms with Crippen molar-refractivity contribution in [1.29, 1.82) is 0 Å². The Morgan fingerprint density at radius 2 is 2.00 bits per heavy atom. The smallest absolute Gasteiger partial charge is 0.292 e. The van der Waals surface area contributed by atoms with Gasteiger partial charge in [-0.2, -0.15) is 0 Å². The Kier molecular flexibility index (Phi) is 3.96. The second-order valence-corrected chi connectivity index (χ2v) is 6.17. The van der Waals surface area contributed by atoms with Crippen LogP contribution in [-0.2, 0) is 0 Å². The van der Waals surface area contributed by atoms with Crippen LogP contribution in [0.5, 0.6) is 0 Å². The minimum Gasteiger partial charge on any atom is -0.451 e. The summed E-state index contributed by atoms with van der Waals surface area (Å²) >= 11 is 0. The van der Waals surface area contributed by atoms with Gasteiger partial charge in [-0.25, -0.2) is 4.98 Å². The highest BCUT2D eigenvalue weighted by molar-refractivity contribution is 6.04. The number of amides is 1. The van der Waals surface area contributed by atoms with Crippen LogP contribution in [0.1, 0.15) is 30.4 Å². The summed E-state index contributed by atoms with van der Waals surface area (Å²) in [5.41, 5.74) is 1.31. The van der Waals surface area contributed by atoms with Crippen molar-refractivity contribution in [2.75, 3.05) is 5.32 Å². The molecule has 0 unspecified atom stereocenters. The molecular formula is C19H17N5O2. The van der Waals surface area contributed by atoms with Crippen molar-refractivity contribution in [3.8, 4) is 11.5 Å². The van der Waals surface area contributed by atoms with Crippen LogP contribution in [0.2, 0.25) is 0 Å². The number of carbonyl (C=O) groups is 1. The fourth-order valence-corrected chi connectivity index (χ4v) is 2.70. The highest BCUT2D eigenvalue weighted by Crippen LogP contribution is 2.22. The molecular weight excluding hydrogens is 330 g/mol. The van der Waals surface area contributed by atoms with Crippen molar-refractivity contribution in [2.24, 2.45) is 0 Å². The number of carbonyl (C=O) groups excluding carboxylic acids is 1. The predicted molar refractivity (Wildman–Crippen MR) is 97.8 cm³/mol. The first kappa shape index (κ1) is 16.0. The number of hydrogen-bond acceptors (Lipinski definition) is 5. The number of nitrogens with one attached hydrogen (secondary N) is 1. The Bertz CT molecular complexity index is 1050. The molecule has 0 fully saturated rings. The van der Waals surface area contributed by atoms with Gasteiger partial charge >= 0.3 is 0 Å². The fraction of sp³-hybridized carbons (Fsp3) is 0.158. The molecule has 1 aromatic carbocycles. The van der Waals surface area contributed by atoms with E-state index in [4.69, 9.17) is 4.42 Å².